The maximum Gasteiger partial charge on any atom is 0.276 e. The van der Waals surface area contributed by atoms with Gasteiger partial charge in [-0.3, -0.25) is 9.80 Å². The third-order valence-electron chi connectivity index (χ3n) is 5.52. The van der Waals surface area contributed by atoms with Crippen LogP contribution in [0.1, 0.15) is 0 Å². The van der Waals surface area contributed by atoms with Crippen LogP contribution in [0.4, 0.5) is 5.82 Å². The highest BCUT2D eigenvalue weighted by atomic mass is 35.5. The maximum atomic E-state index is 6.11. The molecule has 5 nitrogen and oxygen atoms in total. The first-order chi connectivity index (χ1) is 10.3. The third kappa shape index (κ3) is 1.08. The summed E-state index contributed by atoms with van der Waals surface area (Å²) in [5, 5.41) is 5.23. The van der Waals surface area contributed by atoms with Crippen molar-refractivity contribution in [1.82, 2.24) is 19.8 Å². The van der Waals surface area contributed by atoms with Gasteiger partial charge in [0.05, 0.1) is 6.54 Å². The summed E-state index contributed by atoms with van der Waals surface area (Å²) in [6.45, 7) is 2.21. The molecule has 6 heteroatoms. The number of fused-ring (bicyclic) bond motifs is 4. The number of furan rings is 1. The summed E-state index contributed by atoms with van der Waals surface area (Å²) in [6, 6.07) is 7.71. The van der Waals surface area contributed by atoms with Crippen molar-refractivity contribution in [3.05, 3.63) is 29.5 Å². The summed E-state index contributed by atoms with van der Waals surface area (Å²) in [5.74, 6) is 1.06. The van der Waals surface area contributed by atoms with Crippen LogP contribution in [0, 0.1) is 0 Å². The predicted molar refractivity (Wildman–Crippen MR) is 80.3 cm³/mol. The van der Waals surface area contributed by atoms with Crippen LogP contribution in [0.25, 0.3) is 22.1 Å². The van der Waals surface area contributed by atoms with Gasteiger partial charge in [-0.1, -0.05) is 11.6 Å². The number of benzene rings is 1. The first-order valence-electron chi connectivity index (χ1n) is 7.23. The Morgan fingerprint density at radius 2 is 2.29 bits per heavy atom. The minimum atomic E-state index is 0.666. The topological polar surface area (TPSA) is 51.0 Å². The quantitative estimate of drug-likeness (QED) is 0.552. The molecule has 3 aliphatic heterocycles. The molecule has 5 heterocycles. The van der Waals surface area contributed by atoms with Crippen LogP contribution in [0.15, 0.2) is 28.9 Å². The van der Waals surface area contributed by atoms with Crippen molar-refractivity contribution in [2.45, 2.75) is 18.1 Å². The van der Waals surface area contributed by atoms with E-state index in [2.05, 4.69) is 15.3 Å². The summed E-state index contributed by atoms with van der Waals surface area (Å²) in [5.41, 5.74) is 2.55. The average Bonchev–Trinajstić information content (AvgIpc) is 2.79. The van der Waals surface area contributed by atoms with Crippen molar-refractivity contribution in [3.8, 4) is 0 Å². The summed E-state index contributed by atoms with van der Waals surface area (Å²) in [7, 11) is 0. The fraction of sp³-hybridized carbons (Fsp3) is 0.333. The van der Waals surface area contributed by atoms with Crippen LogP contribution < -0.4 is 9.80 Å². The van der Waals surface area contributed by atoms with E-state index >= 15 is 0 Å². The monoisotopic (exact) mass is 299 g/mol. The van der Waals surface area contributed by atoms with Crippen LogP contribution in [-0.2, 0) is 0 Å². The number of piperazine rings is 2. The minimum absolute atomic E-state index is 0.666. The molecule has 104 valence electrons. The van der Waals surface area contributed by atoms with E-state index in [0.29, 0.717) is 23.1 Å². The molecule has 3 aromatic rings. The van der Waals surface area contributed by atoms with Gasteiger partial charge in [-0.25, -0.2) is 4.98 Å². The second kappa shape index (κ2) is 3.21. The number of rotatable bonds is 1. The van der Waals surface area contributed by atoms with Crippen LogP contribution in [0.5, 0.6) is 0 Å². The Bertz CT molecular complexity index is 932. The number of nitrogens with zero attached hydrogens (tertiary/aromatic N) is 3. The fourth-order valence-corrected chi connectivity index (χ4v) is 4.76. The molecule has 0 radical (unpaired) electrons. The lowest BCUT2D eigenvalue weighted by Crippen LogP contribution is -2.62. The van der Waals surface area contributed by atoms with Gasteiger partial charge in [0.25, 0.3) is 5.82 Å². The zero-order valence-electron chi connectivity index (χ0n) is 11.1. The largest absolute Gasteiger partial charge is 0.446 e. The molecule has 4 atom stereocenters. The molecular formula is C15H12ClN4O+. The Balaban J connectivity index is 1.66. The van der Waals surface area contributed by atoms with Gasteiger partial charge in [-0.05, 0) is 18.2 Å². The number of halogens is 1. The van der Waals surface area contributed by atoms with Gasteiger partial charge in [0, 0.05) is 10.4 Å². The number of nitrogens with one attached hydrogen (secondary N) is 1. The van der Waals surface area contributed by atoms with Crippen LogP contribution in [0.2, 0.25) is 5.02 Å². The zero-order chi connectivity index (χ0) is 13.8. The van der Waals surface area contributed by atoms with Crippen LogP contribution >= 0.6 is 11.6 Å². The zero-order valence-corrected chi connectivity index (χ0v) is 11.8. The van der Waals surface area contributed by atoms with E-state index < -0.39 is 0 Å². The Hall–Kier alpha value is -1.69. The third-order valence-corrected chi connectivity index (χ3v) is 5.75. The molecule has 1 unspecified atom stereocenters. The highest BCUT2D eigenvalue weighted by molar-refractivity contribution is 6.31. The number of hydrogen-bond acceptors (Lipinski definition) is 4. The van der Waals surface area contributed by atoms with Crippen LogP contribution in [-0.4, -0.2) is 41.2 Å². The van der Waals surface area contributed by atoms with Crippen LogP contribution in [0.3, 0.4) is 0 Å². The molecule has 0 saturated carbocycles. The van der Waals surface area contributed by atoms with Gasteiger partial charge in [-0.2, -0.15) is 4.98 Å². The Morgan fingerprint density at radius 3 is 3.10 bits per heavy atom. The van der Waals surface area contributed by atoms with Gasteiger partial charge in [0.15, 0.2) is 12.1 Å². The first kappa shape index (κ1) is 11.0. The van der Waals surface area contributed by atoms with Gasteiger partial charge in [-0.15, -0.1) is 0 Å². The molecule has 2 aromatic heterocycles. The molecule has 0 spiro atoms. The van der Waals surface area contributed by atoms with Crippen molar-refractivity contribution >= 4 is 39.5 Å². The van der Waals surface area contributed by atoms with E-state index in [1.807, 2.05) is 18.2 Å². The Kier molecular flexibility index (Phi) is 1.68. The summed E-state index contributed by atoms with van der Waals surface area (Å²) >= 11 is 6.11. The molecule has 1 aromatic carbocycles. The molecule has 0 amide bonds. The highest BCUT2D eigenvalue weighted by Crippen LogP contribution is 2.58. The van der Waals surface area contributed by atoms with Gasteiger partial charge in [0.2, 0.25) is 5.58 Å². The summed E-state index contributed by atoms with van der Waals surface area (Å²) < 4.78 is 7.07. The minimum Gasteiger partial charge on any atom is -0.446 e. The van der Waals surface area contributed by atoms with Gasteiger partial charge in [0.1, 0.15) is 30.0 Å². The van der Waals surface area contributed by atoms with Gasteiger partial charge < -0.3 is 4.42 Å². The standard InChI is InChI=1S/C15H12ClN4O/c16-7-1-2-11-8(3-7)12-14(21-11)15(19-6-18-12)20-5-9-13(20)10(20)4-17-9/h1-3,6,9-10,13,17H,4-5H2/q+1/t9-,10-,13-,20?/m1/s1. The molecule has 3 saturated heterocycles. The lowest BCUT2D eigenvalue weighted by molar-refractivity contribution is 0.247. The fourth-order valence-electron chi connectivity index (χ4n) is 4.58. The smallest absolute Gasteiger partial charge is 0.276 e. The lowest BCUT2D eigenvalue weighted by atomic mass is 10.1. The Labute approximate surface area is 125 Å². The SMILES string of the molecule is Clc1ccc2oc3c([N+]45C[C@H]6NC[C@@H]4[C@@H]65)ncnc3c2c1. The summed E-state index contributed by atoms with van der Waals surface area (Å²) in [6.07, 6.45) is 1.66. The molecule has 21 heavy (non-hydrogen) atoms. The van der Waals surface area contributed by atoms with E-state index in [-0.39, 0.29) is 0 Å². The van der Waals surface area contributed by atoms with Crippen molar-refractivity contribution < 1.29 is 4.42 Å². The molecule has 3 fully saturated rings. The van der Waals surface area contributed by atoms with E-state index in [9.17, 15) is 0 Å². The van der Waals surface area contributed by atoms with E-state index in [4.69, 9.17) is 16.0 Å². The second-order valence-corrected chi connectivity index (χ2v) is 6.74. The predicted octanol–water partition coefficient (Wildman–Crippen LogP) is 2.07. The normalized spacial score (nSPS) is 36.0. The number of quaternary nitrogens is 1. The van der Waals surface area contributed by atoms with E-state index in [1.54, 1.807) is 6.33 Å². The number of hydrogen-bond donors (Lipinski definition) is 1. The van der Waals surface area contributed by atoms with Crippen molar-refractivity contribution in [3.63, 3.8) is 0 Å². The average molecular weight is 300 g/mol. The number of aromatic nitrogens is 2. The van der Waals surface area contributed by atoms with Crippen molar-refractivity contribution in [1.29, 1.82) is 0 Å². The Morgan fingerprint density at radius 1 is 1.33 bits per heavy atom. The molecule has 6 rings (SSSR count). The first-order valence-corrected chi connectivity index (χ1v) is 7.61. The maximum absolute atomic E-state index is 6.11. The summed E-state index contributed by atoms with van der Waals surface area (Å²) in [4.78, 5) is 9.02. The molecule has 3 aliphatic rings. The molecule has 0 aliphatic carbocycles. The van der Waals surface area contributed by atoms with Crippen molar-refractivity contribution in [2.75, 3.05) is 13.1 Å². The molecular weight excluding hydrogens is 288 g/mol. The second-order valence-electron chi connectivity index (χ2n) is 6.30. The van der Waals surface area contributed by atoms with E-state index in [0.717, 1.165) is 45.5 Å². The van der Waals surface area contributed by atoms with Gasteiger partial charge >= 0.3 is 0 Å². The molecule has 1 N–H and O–H groups in total. The highest BCUT2D eigenvalue weighted by Gasteiger charge is 2.84. The van der Waals surface area contributed by atoms with Crippen molar-refractivity contribution in [2.24, 2.45) is 0 Å². The molecule has 0 bridgehead atoms. The lowest BCUT2D eigenvalue weighted by Gasteiger charge is -2.35. The van der Waals surface area contributed by atoms with E-state index in [1.165, 1.54) is 0 Å².